The number of nitrogens with one attached hydrogen (secondary N) is 1. The third-order valence-electron chi connectivity index (χ3n) is 3.59. The van der Waals surface area contributed by atoms with Crippen LogP contribution in [0.15, 0.2) is 35.3 Å². The second-order valence-corrected chi connectivity index (χ2v) is 5.14. The van der Waals surface area contributed by atoms with Crippen LogP contribution in [0.4, 0.5) is 0 Å². The molecule has 1 atom stereocenters. The van der Waals surface area contributed by atoms with Gasteiger partial charge in [0, 0.05) is 31.4 Å². The number of aromatic nitrogens is 2. The van der Waals surface area contributed by atoms with Crippen LogP contribution in [0.25, 0.3) is 5.65 Å². The van der Waals surface area contributed by atoms with E-state index in [0.717, 1.165) is 25.2 Å². The molecule has 2 aromatic rings. The molecule has 0 aliphatic carbocycles. The maximum atomic E-state index is 11.9. The number of likely N-dealkylation sites (N-methyl/N-ethyl adjacent to an activating group) is 1. The summed E-state index contributed by atoms with van der Waals surface area (Å²) < 4.78 is 1.56. The van der Waals surface area contributed by atoms with Crippen LogP contribution in [0.3, 0.4) is 0 Å². The first-order valence-corrected chi connectivity index (χ1v) is 6.61. The highest BCUT2D eigenvalue weighted by Crippen LogP contribution is 2.07. The fourth-order valence-electron chi connectivity index (χ4n) is 2.54. The average molecular weight is 258 g/mol. The monoisotopic (exact) mass is 258 g/mol. The molecule has 3 rings (SSSR count). The first-order chi connectivity index (χ1) is 9.22. The molecule has 1 aliphatic rings. The normalized spacial score (nSPS) is 20.2. The number of likely N-dealkylation sites (tertiary alicyclic amines) is 1. The van der Waals surface area contributed by atoms with E-state index in [0.29, 0.717) is 18.2 Å². The van der Waals surface area contributed by atoms with Crippen molar-refractivity contribution < 1.29 is 0 Å². The molecule has 1 saturated heterocycles. The van der Waals surface area contributed by atoms with E-state index in [4.69, 9.17) is 0 Å². The van der Waals surface area contributed by atoms with Gasteiger partial charge in [0.1, 0.15) is 5.65 Å². The molecule has 1 N–H and O–H groups in total. The lowest BCUT2D eigenvalue weighted by molar-refractivity contribution is 0.397. The van der Waals surface area contributed by atoms with E-state index in [1.165, 1.54) is 0 Å². The van der Waals surface area contributed by atoms with Crippen molar-refractivity contribution in [1.82, 2.24) is 19.6 Å². The summed E-state index contributed by atoms with van der Waals surface area (Å²) in [6, 6.07) is 7.70. The summed E-state index contributed by atoms with van der Waals surface area (Å²) in [7, 11) is 2.13. The topological polar surface area (TPSA) is 49.6 Å². The summed E-state index contributed by atoms with van der Waals surface area (Å²) in [5.74, 6) is 0. The van der Waals surface area contributed by atoms with Crippen LogP contribution in [-0.4, -0.2) is 40.5 Å². The van der Waals surface area contributed by atoms with Gasteiger partial charge in [-0.25, -0.2) is 4.98 Å². The number of hydrogen-bond acceptors (Lipinski definition) is 4. The summed E-state index contributed by atoms with van der Waals surface area (Å²) >= 11 is 0. The standard InChI is InChI=1S/C14H18N4O/c1-17-7-5-11(10-17)15-9-12-8-14(19)18-6-3-2-4-13(18)16-12/h2-4,6,8,11,15H,5,7,9-10H2,1H3. The zero-order valence-corrected chi connectivity index (χ0v) is 11.0. The van der Waals surface area contributed by atoms with Crippen LogP contribution in [0, 0.1) is 0 Å². The molecule has 3 heterocycles. The van der Waals surface area contributed by atoms with Gasteiger partial charge in [-0.05, 0) is 32.1 Å². The van der Waals surface area contributed by atoms with E-state index in [2.05, 4.69) is 22.2 Å². The Morgan fingerprint density at radius 1 is 1.47 bits per heavy atom. The molecule has 0 radical (unpaired) electrons. The Morgan fingerprint density at radius 2 is 2.37 bits per heavy atom. The first-order valence-electron chi connectivity index (χ1n) is 6.61. The van der Waals surface area contributed by atoms with Crippen LogP contribution in [0.2, 0.25) is 0 Å². The molecule has 1 unspecified atom stereocenters. The van der Waals surface area contributed by atoms with Crippen LogP contribution in [0.1, 0.15) is 12.1 Å². The Bertz CT molecular complexity index is 637. The minimum Gasteiger partial charge on any atom is -0.307 e. The minimum atomic E-state index is -0.0223. The second kappa shape index (κ2) is 5.11. The predicted molar refractivity (Wildman–Crippen MR) is 74.2 cm³/mol. The molecule has 0 bridgehead atoms. The van der Waals surface area contributed by atoms with Gasteiger partial charge in [0.15, 0.2) is 0 Å². The lowest BCUT2D eigenvalue weighted by Gasteiger charge is -2.12. The molecular formula is C14H18N4O. The van der Waals surface area contributed by atoms with Crippen LogP contribution in [0.5, 0.6) is 0 Å². The Balaban J connectivity index is 1.76. The maximum Gasteiger partial charge on any atom is 0.258 e. The Morgan fingerprint density at radius 3 is 3.16 bits per heavy atom. The van der Waals surface area contributed by atoms with Crippen LogP contribution in [-0.2, 0) is 6.54 Å². The van der Waals surface area contributed by atoms with E-state index in [-0.39, 0.29) is 5.56 Å². The zero-order chi connectivity index (χ0) is 13.2. The van der Waals surface area contributed by atoms with E-state index in [1.54, 1.807) is 16.7 Å². The fourth-order valence-corrected chi connectivity index (χ4v) is 2.54. The highest BCUT2D eigenvalue weighted by atomic mass is 16.1. The molecule has 100 valence electrons. The third kappa shape index (κ3) is 2.67. The Kier molecular flexibility index (Phi) is 3.31. The Hall–Kier alpha value is -1.72. The average Bonchev–Trinajstić information content (AvgIpc) is 2.82. The third-order valence-corrected chi connectivity index (χ3v) is 3.59. The van der Waals surface area contributed by atoms with Crippen LogP contribution >= 0.6 is 0 Å². The van der Waals surface area contributed by atoms with Crippen molar-refractivity contribution in [2.75, 3.05) is 20.1 Å². The van der Waals surface area contributed by atoms with Gasteiger partial charge in [-0.15, -0.1) is 0 Å². The minimum absolute atomic E-state index is 0.0223. The van der Waals surface area contributed by atoms with Gasteiger partial charge in [0.2, 0.25) is 0 Å². The van der Waals surface area contributed by atoms with Crippen LogP contribution < -0.4 is 10.9 Å². The smallest absolute Gasteiger partial charge is 0.258 e. The molecule has 1 aliphatic heterocycles. The van der Waals surface area contributed by atoms with Crippen molar-refractivity contribution in [3.63, 3.8) is 0 Å². The van der Waals surface area contributed by atoms with E-state index in [9.17, 15) is 4.79 Å². The highest BCUT2D eigenvalue weighted by Gasteiger charge is 2.18. The van der Waals surface area contributed by atoms with Gasteiger partial charge in [-0.1, -0.05) is 6.07 Å². The highest BCUT2D eigenvalue weighted by molar-refractivity contribution is 5.37. The molecular weight excluding hydrogens is 240 g/mol. The van der Waals surface area contributed by atoms with Gasteiger partial charge >= 0.3 is 0 Å². The summed E-state index contributed by atoms with van der Waals surface area (Å²) in [6.07, 6.45) is 2.90. The molecule has 2 aromatic heterocycles. The lowest BCUT2D eigenvalue weighted by atomic mass is 10.2. The molecule has 0 amide bonds. The van der Waals surface area contributed by atoms with Gasteiger partial charge < -0.3 is 10.2 Å². The van der Waals surface area contributed by atoms with E-state index >= 15 is 0 Å². The van der Waals surface area contributed by atoms with Crippen molar-refractivity contribution in [1.29, 1.82) is 0 Å². The summed E-state index contributed by atoms with van der Waals surface area (Å²) in [6.45, 7) is 2.84. The van der Waals surface area contributed by atoms with E-state index < -0.39 is 0 Å². The Labute approximate surface area is 111 Å². The van der Waals surface area contributed by atoms with Gasteiger partial charge in [0.25, 0.3) is 5.56 Å². The number of pyridine rings is 1. The number of fused-ring (bicyclic) bond motifs is 1. The molecule has 0 saturated carbocycles. The van der Waals surface area contributed by atoms with E-state index in [1.807, 2.05) is 18.2 Å². The van der Waals surface area contributed by atoms with Crippen molar-refractivity contribution >= 4 is 5.65 Å². The molecule has 5 heteroatoms. The zero-order valence-electron chi connectivity index (χ0n) is 11.0. The molecule has 5 nitrogen and oxygen atoms in total. The first kappa shape index (κ1) is 12.3. The summed E-state index contributed by atoms with van der Waals surface area (Å²) in [5.41, 5.74) is 1.49. The van der Waals surface area contributed by atoms with Gasteiger partial charge in [0.05, 0.1) is 5.69 Å². The van der Waals surface area contributed by atoms with Gasteiger partial charge in [-0.3, -0.25) is 9.20 Å². The lowest BCUT2D eigenvalue weighted by Crippen LogP contribution is -2.31. The maximum absolute atomic E-state index is 11.9. The predicted octanol–water partition coefficient (Wildman–Crippen LogP) is 0.488. The van der Waals surface area contributed by atoms with Crippen molar-refractivity contribution in [3.05, 3.63) is 46.5 Å². The summed E-state index contributed by atoms with van der Waals surface area (Å²) in [4.78, 5) is 18.7. The largest absolute Gasteiger partial charge is 0.307 e. The SMILES string of the molecule is CN1CCC(NCc2cc(=O)n3ccccc3n2)C1. The number of hydrogen-bond donors (Lipinski definition) is 1. The molecule has 0 spiro atoms. The van der Waals surface area contributed by atoms with Crippen molar-refractivity contribution in [2.45, 2.75) is 19.0 Å². The second-order valence-electron chi connectivity index (χ2n) is 5.14. The number of rotatable bonds is 3. The van der Waals surface area contributed by atoms with Crippen molar-refractivity contribution in [3.8, 4) is 0 Å². The van der Waals surface area contributed by atoms with Gasteiger partial charge in [-0.2, -0.15) is 0 Å². The quantitative estimate of drug-likeness (QED) is 0.870. The summed E-state index contributed by atoms with van der Waals surface area (Å²) in [5, 5.41) is 3.47. The number of nitrogens with zero attached hydrogens (tertiary/aromatic N) is 3. The fraction of sp³-hybridized carbons (Fsp3) is 0.429. The molecule has 19 heavy (non-hydrogen) atoms. The molecule has 1 fully saturated rings. The van der Waals surface area contributed by atoms with Crippen molar-refractivity contribution in [2.24, 2.45) is 0 Å². The molecule has 0 aromatic carbocycles.